The zero-order valence-corrected chi connectivity index (χ0v) is 14.1. The van der Waals surface area contributed by atoms with Crippen LogP contribution in [0.5, 0.6) is 11.5 Å². The highest BCUT2D eigenvalue weighted by atomic mass is 16.5. The highest BCUT2D eigenvalue weighted by Gasteiger charge is 2.27. The molecule has 0 spiro atoms. The lowest BCUT2D eigenvalue weighted by atomic mass is 9.86. The number of carbonyl (C=O) groups is 1. The van der Waals surface area contributed by atoms with E-state index in [1.165, 1.54) is 0 Å². The van der Waals surface area contributed by atoms with Gasteiger partial charge >= 0.3 is 0 Å². The van der Waals surface area contributed by atoms with Crippen molar-refractivity contribution in [2.45, 2.75) is 46.1 Å². The summed E-state index contributed by atoms with van der Waals surface area (Å²) >= 11 is 0. The van der Waals surface area contributed by atoms with Gasteiger partial charge < -0.3 is 14.8 Å². The Labute approximate surface area is 127 Å². The van der Waals surface area contributed by atoms with Gasteiger partial charge in [0.1, 0.15) is 0 Å². The summed E-state index contributed by atoms with van der Waals surface area (Å²) in [5, 5.41) is 3.05. The molecule has 4 nitrogen and oxygen atoms in total. The Morgan fingerprint density at radius 2 is 1.67 bits per heavy atom. The molecule has 4 heteroatoms. The SMILES string of the molecule is COc1ccc(C(C(=O)NC(C)(C)C)C(C)C)cc1OC. The summed E-state index contributed by atoms with van der Waals surface area (Å²) < 4.78 is 10.6. The van der Waals surface area contributed by atoms with E-state index in [2.05, 4.69) is 5.32 Å². The molecule has 1 aromatic rings. The van der Waals surface area contributed by atoms with Gasteiger partial charge in [-0.25, -0.2) is 0 Å². The molecule has 0 aliphatic heterocycles. The molecule has 0 heterocycles. The fourth-order valence-electron chi connectivity index (χ4n) is 2.33. The van der Waals surface area contributed by atoms with E-state index in [1.807, 2.05) is 52.8 Å². The topological polar surface area (TPSA) is 47.6 Å². The second-order valence-corrected chi connectivity index (χ2v) is 6.58. The molecule has 0 bridgehead atoms. The van der Waals surface area contributed by atoms with Crippen LogP contribution in [0.2, 0.25) is 0 Å². The maximum atomic E-state index is 12.6. The Kier molecular flexibility index (Phi) is 5.64. The van der Waals surface area contributed by atoms with Crippen molar-refractivity contribution in [3.05, 3.63) is 23.8 Å². The van der Waals surface area contributed by atoms with Crippen LogP contribution in [-0.4, -0.2) is 25.7 Å². The van der Waals surface area contributed by atoms with E-state index >= 15 is 0 Å². The Bertz CT molecular complexity index is 489. The van der Waals surface area contributed by atoms with E-state index in [4.69, 9.17) is 9.47 Å². The standard InChI is InChI=1S/C17H27NO3/c1-11(2)15(16(19)18-17(3,4)5)12-8-9-13(20-6)14(10-12)21-7/h8-11,15H,1-7H3,(H,18,19). The summed E-state index contributed by atoms with van der Waals surface area (Å²) in [6.07, 6.45) is 0. The number of carbonyl (C=O) groups excluding carboxylic acids is 1. The van der Waals surface area contributed by atoms with Crippen molar-refractivity contribution in [3.8, 4) is 11.5 Å². The summed E-state index contributed by atoms with van der Waals surface area (Å²) in [6, 6.07) is 5.65. The van der Waals surface area contributed by atoms with Crippen molar-refractivity contribution in [2.24, 2.45) is 5.92 Å². The molecule has 1 N–H and O–H groups in total. The monoisotopic (exact) mass is 293 g/mol. The van der Waals surface area contributed by atoms with Crippen LogP contribution in [0.15, 0.2) is 18.2 Å². The minimum Gasteiger partial charge on any atom is -0.493 e. The van der Waals surface area contributed by atoms with E-state index in [-0.39, 0.29) is 23.3 Å². The molecule has 21 heavy (non-hydrogen) atoms. The zero-order chi connectivity index (χ0) is 16.2. The third kappa shape index (κ3) is 4.66. The number of ether oxygens (including phenoxy) is 2. The minimum absolute atomic E-state index is 0.0321. The predicted octanol–water partition coefficient (Wildman–Crippen LogP) is 3.36. The van der Waals surface area contributed by atoms with Crippen LogP contribution >= 0.6 is 0 Å². The minimum atomic E-state index is -0.249. The molecular weight excluding hydrogens is 266 g/mol. The molecule has 0 fully saturated rings. The Balaban J connectivity index is 3.14. The molecular formula is C17H27NO3. The van der Waals surface area contributed by atoms with Gasteiger partial charge in [-0.15, -0.1) is 0 Å². The van der Waals surface area contributed by atoms with Crippen molar-refractivity contribution >= 4 is 5.91 Å². The van der Waals surface area contributed by atoms with Crippen LogP contribution in [0.25, 0.3) is 0 Å². The fourth-order valence-corrected chi connectivity index (χ4v) is 2.33. The summed E-state index contributed by atoms with van der Waals surface area (Å²) in [5.41, 5.74) is 0.685. The molecule has 0 aliphatic rings. The van der Waals surface area contributed by atoms with Gasteiger partial charge in [0.15, 0.2) is 11.5 Å². The van der Waals surface area contributed by atoms with Gasteiger partial charge in [-0.2, -0.15) is 0 Å². The third-order valence-corrected chi connectivity index (χ3v) is 3.21. The van der Waals surface area contributed by atoms with Gasteiger partial charge in [0, 0.05) is 5.54 Å². The van der Waals surface area contributed by atoms with E-state index in [9.17, 15) is 4.79 Å². The molecule has 1 unspecified atom stereocenters. The average Bonchev–Trinajstić information content (AvgIpc) is 2.36. The lowest BCUT2D eigenvalue weighted by Crippen LogP contribution is -2.44. The maximum Gasteiger partial charge on any atom is 0.228 e. The first-order chi connectivity index (χ1) is 9.69. The van der Waals surface area contributed by atoms with E-state index in [1.54, 1.807) is 14.2 Å². The summed E-state index contributed by atoms with van der Waals surface area (Å²) in [5.74, 6) is 1.31. The van der Waals surface area contributed by atoms with Crippen molar-refractivity contribution in [3.63, 3.8) is 0 Å². The average molecular weight is 293 g/mol. The van der Waals surface area contributed by atoms with Crippen molar-refractivity contribution < 1.29 is 14.3 Å². The third-order valence-electron chi connectivity index (χ3n) is 3.21. The molecule has 0 aliphatic carbocycles. The fraction of sp³-hybridized carbons (Fsp3) is 0.588. The number of methoxy groups -OCH3 is 2. The Hall–Kier alpha value is -1.71. The normalized spacial score (nSPS) is 13.0. The van der Waals surface area contributed by atoms with Gasteiger partial charge in [0.2, 0.25) is 5.91 Å². The van der Waals surface area contributed by atoms with E-state index < -0.39 is 0 Å². The van der Waals surface area contributed by atoms with Crippen LogP contribution in [0.1, 0.15) is 46.1 Å². The Morgan fingerprint density at radius 3 is 2.10 bits per heavy atom. The highest BCUT2D eigenvalue weighted by Crippen LogP contribution is 2.33. The summed E-state index contributed by atoms with van der Waals surface area (Å²) in [6.45, 7) is 10.0. The maximum absolute atomic E-state index is 12.6. The number of hydrogen-bond donors (Lipinski definition) is 1. The van der Waals surface area contributed by atoms with Crippen molar-refractivity contribution in [2.75, 3.05) is 14.2 Å². The predicted molar refractivity (Wildman–Crippen MR) is 85.0 cm³/mol. The van der Waals surface area contributed by atoms with Crippen molar-refractivity contribution in [1.82, 2.24) is 5.32 Å². The molecule has 0 radical (unpaired) electrons. The van der Waals surface area contributed by atoms with Gasteiger partial charge in [-0.05, 0) is 44.4 Å². The van der Waals surface area contributed by atoms with Crippen LogP contribution in [0.3, 0.4) is 0 Å². The molecule has 1 amide bonds. The lowest BCUT2D eigenvalue weighted by molar-refractivity contribution is -0.124. The number of amides is 1. The number of hydrogen-bond acceptors (Lipinski definition) is 3. The van der Waals surface area contributed by atoms with Crippen LogP contribution in [0.4, 0.5) is 0 Å². The van der Waals surface area contributed by atoms with Gasteiger partial charge in [0.05, 0.1) is 20.1 Å². The molecule has 1 aromatic carbocycles. The van der Waals surface area contributed by atoms with Gasteiger partial charge in [0.25, 0.3) is 0 Å². The Morgan fingerprint density at radius 1 is 1.10 bits per heavy atom. The first-order valence-electron chi connectivity index (χ1n) is 7.23. The molecule has 0 aromatic heterocycles. The number of rotatable bonds is 5. The zero-order valence-electron chi connectivity index (χ0n) is 14.1. The van der Waals surface area contributed by atoms with Crippen LogP contribution < -0.4 is 14.8 Å². The molecule has 118 valence electrons. The molecule has 0 saturated heterocycles. The van der Waals surface area contributed by atoms with Gasteiger partial charge in [-0.1, -0.05) is 19.9 Å². The molecule has 0 saturated carbocycles. The van der Waals surface area contributed by atoms with Crippen molar-refractivity contribution in [1.29, 1.82) is 0 Å². The summed E-state index contributed by atoms with van der Waals surface area (Å²) in [7, 11) is 3.20. The quantitative estimate of drug-likeness (QED) is 0.905. The lowest BCUT2D eigenvalue weighted by Gasteiger charge is -2.27. The first-order valence-corrected chi connectivity index (χ1v) is 7.23. The van der Waals surface area contributed by atoms with E-state index in [0.29, 0.717) is 11.5 Å². The number of benzene rings is 1. The summed E-state index contributed by atoms with van der Waals surface area (Å²) in [4.78, 5) is 12.6. The largest absolute Gasteiger partial charge is 0.493 e. The highest BCUT2D eigenvalue weighted by molar-refractivity contribution is 5.84. The number of nitrogens with one attached hydrogen (secondary N) is 1. The second kappa shape index (κ2) is 6.83. The molecule has 1 rings (SSSR count). The van der Waals surface area contributed by atoms with Gasteiger partial charge in [-0.3, -0.25) is 4.79 Å². The van der Waals surface area contributed by atoms with E-state index in [0.717, 1.165) is 5.56 Å². The van der Waals surface area contributed by atoms with Crippen LogP contribution in [-0.2, 0) is 4.79 Å². The second-order valence-electron chi connectivity index (χ2n) is 6.58. The van der Waals surface area contributed by atoms with Crippen LogP contribution in [0, 0.1) is 5.92 Å². The smallest absolute Gasteiger partial charge is 0.228 e. The molecule has 1 atom stereocenters. The first kappa shape index (κ1) is 17.3.